The minimum Gasteiger partial charge on any atom is -0.346 e. The zero-order valence-electron chi connectivity index (χ0n) is 11.3. The molecule has 1 atom stereocenters. The summed E-state index contributed by atoms with van der Waals surface area (Å²) in [5.74, 6) is 0.362. The summed E-state index contributed by atoms with van der Waals surface area (Å²) in [6, 6.07) is 1.72. The Morgan fingerprint density at radius 1 is 1.47 bits per heavy atom. The molecule has 0 fully saturated rings. The maximum absolute atomic E-state index is 11.8. The Labute approximate surface area is 116 Å². The van der Waals surface area contributed by atoms with Crippen LogP contribution < -0.4 is 5.32 Å². The summed E-state index contributed by atoms with van der Waals surface area (Å²) >= 11 is 1.64. The molecule has 2 aromatic heterocycles. The lowest BCUT2D eigenvalue weighted by molar-refractivity contribution is -0.122. The van der Waals surface area contributed by atoms with E-state index in [4.69, 9.17) is 0 Å². The number of aromatic nitrogens is 3. The highest BCUT2D eigenvalue weighted by Crippen LogP contribution is 2.22. The van der Waals surface area contributed by atoms with E-state index in [0.717, 1.165) is 10.7 Å². The van der Waals surface area contributed by atoms with E-state index in [2.05, 4.69) is 29.2 Å². The van der Waals surface area contributed by atoms with Gasteiger partial charge in [0.25, 0.3) is 0 Å². The number of nitrogens with zero attached hydrogens (tertiary/aromatic N) is 3. The third-order valence-electron chi connectivity index (χ3n) is 2.72. The number of rotatable bonds is 5. The van der Waals surface area contributed by atoms with Crippen molar-refractivity contribution in [2.45, 2.75) is 39.3 Å². The van der Waals surface area contributed by atoms with Crippen molar-refractivity contribution in [3.05, 3.63) is 34.5 Å². The van der Waals surface area contributed by atoms with Crippen molar-refractivity contribution in [2.24, 2.45) is 0 Å². The molecule has 1 unspecified atom stereocenters. The molecule has 6 heteroatoms. The van der Waals surface area contributed by atoms with Crippen molar-refractivity contribution in [3.8, 4) is 0 Å². The molecule has 2 rings (SSSR count). The van der Waals surface area contributed by atoms with Crippen molar-refractivity contribution in [2.75, 3.05) is 0 Å². The SMILES string of the molecule is CC(C)c1nc(C(C)NC(=O)Cn2cccn2)cs1. The lowest BCUT2D eigenvalue weighted by atomic mass is 10.2. The van der Waals surface area contributed by atoms with E-state index in [1.165, 1.54) is 0 Å². The highest BCUT2D eigenvalue weighted by Gasteiger charge is 2.14. The van der Waals surface area contributed by atoms with Gasteiger partial charge >= 0.3 is 0 Å². The Morgan fingerprint density at radius 3 is 2.84 bits per heavy atom. The van der Waals surface area contributed by atoms with Crippen LogP contribution in [-0.4, -0.2) is 20.7 Å². The van der Waals surface area contributed by atoms with Crippen molar-refractivity contribution >= 4 is 17.2 Å². The van der Waals surface area contributed by atoms with Gasteiger partial charge in [0.05, 0.1) is 16.7 Å². The zero-order valence-corrected chi connectivity index (χ0v) is 12.1. The summed E-state index contributed by atoms with van der Waals surface area (Å²) in [5.41, 5.74) is 0.919. The smallest absolute Gasteiger partial charge is 0.242 e. The molecule has 0 spiro atoms. The molecule has 0 radical (unpaired) electrons. The fraction of sp³-hybridized carbons (Fsp3) is 0.462. The number of carbonyl (C=O) groups is 1. The van der Waals surface area contributed by atoms with Crippen LogP contribution in [0, 0.1) is 0 Å². The normalized spacial score (nSPS) is 12.6. The Balaban J connectivity index is 1.92. The highest BCUT2D eigenvalue weighted by atomic mass is 32.1. The lowest BCUT2D eigenvalue weighted by Crippen LogP contribution is -2.30. The van der Waals surface area contributed by atoms with E-state index in [1.54, 1.807) is 34.5 Å². The van der Waals surface area contributed by atoms with Crippen LogP contribution in [0.1, 0.15) is 43.4 Å². The number of thiazole rings is 1. The maximum Gasteiger partial charge on any atom is 0.242 e. The summed E-state index contributed by atoms with van der Waals surface area (Å²) in [4.78, 5) is 16.4. The number of carbonyl (C=O) groups excluding carboxylic acids is 1. The molecule has 0 aliphatic rings. The van der Waals surface area contributed by atoms with Crippen LogP contribution in [0.4, 0.5) is 0 Å². The van der Waals surface area contributed by atoms with Gasteiger partial charge in [-0.15, -0.1) is 11.3 Å². The molecule has 2 heterocycles. The first kappa shape index (κ1) is 13.7. The van der Waals surface area contributed by atoms with Crippen LogP contribution in [0.2, 0.25) is 0 Å². The Kier molecular flexibility index (Phi) is 4.31. The summed E-state index contributed by atoms with van der Waals surface area (Å²) < 4.78 is 1.60. The summed E-state index contributed by atoms with van der Waals surface area (Å²) in [6.45, 7) is 6.41. The van der Waals surface area contributed by atoms with Crippen LogP contribution in [0.15, 0.2) is 23.8 Å². The molecule has 0 aliphatic carbocycles. The van der Waals surface area contributed by atoms with Crippen molar-refractivity contribution in [1.29, 1.82) is 0 Å². The molecular formula is C13H18N4OS. The Bertz CT molecular complexity index is 533. The van der Waals surface area contributed by atoms with Crippen molar-refractivity contribution < 1.29 is 4.79 Å². The van der Waals surface area contributed by atoms with Crippen LogP contribution in [0.3, 0.4) is 0 Å². The molecule has 0 aromatic carbocycles. The topological polar surface area (TPSA) is 59.8 Å². The summed E-state index contributed by atoms with van der Waals surface area (Å²) in [7, 11) is 0. The van der Waals surface area contributed by atoms with Gasteiger partial charge in [-0.05, 0) is 13.0 Å². The van der Waals surface area contributed by atoms with E-state index >= 15 is 0 Å². The standard InChI is InChI=1S/C13H18N4OS/c1-9(2)13-16-11(8-19-13)10(3)15-12(18)7-17-6-4-5-14-17/h4-6,8-10H,7H2,1-3H3,(H,15,18). The number of hydrogen-bond acceptors (Lipinski definition) is 4. The third-order valence-corrected chi connectivity index (χ3v) is 3.88. The van der Waals surface area contributed by atoms with Crippen LogP contribution >= 0.6 is 11.3 Å². The van der Waals surface area contributed by atoms with Gasteiger partial charge in [0.2, 0.25) is 5.91 Å². The zero-order chi connectivity index (χ0) is 13.8. The molecule has 102 valence electrons. The molecular weight excluding hydrogens is 260 g/mol. The Morgan fingerprint density at radius 2 is 2.26 bits per heavy atom. The molecule has 5 nitrogen and oxygen atoms in total. The molecule has 2 aromatic rings. The van der Waals surface area contributed by atoms with E-state index in [9.17, 15) is 4.79 Å². The number of hydrogen-bond donors (Lipinski definition) is 1. The monoisotopic (exact) mass is 278 g/mol. The molecule has 0 saturated carbocycles. The molecule has 0 saturated heterocycles. The fourth-order valence-electron chi connectivity index (χ4n) is 1.67. The largest absolute Gasteiger partial charge is 0.346 e. The minimum absolute atomic E-state index is 0.0599. The lowest BCUT2D eigenvalue weighted by Gasteiger charge is -2.11. The van der Waals surface area contributed by atoms with E-state index in [1.807, 2.05) is 12.3 Å². The van der Waals surface area contributed by atoms with E-state index < -0.39 is 0 Å². The maximum atomic E-state index is 11.8. The van der Waals surface area contributed by atoms with Gasteiger partial charge in [-0.3, -0.25) is 9.48 Å². The fourth-order valence-corrected chi connectivity index (χ4v) is 2.60. The second-order valence-electron chi connectivity index (χ2n) is 4.76. The predicted molar refractivity (Wildman–Crippen MR) is 75.0 cm³/mol. The van der Waals surface area contributed by atoms with Crippen molar-refractivity contribution in [3.63, 3.8) is 0 Å². The molecule has 0 bridgehead atoms. The Hall–Kier alpha value is -1.69. The van der Waals surface area contributed by atoms with Crippen molar-refractivity contribution in [1.82, 2.24) is 20.1 Å². The average Bonchev–Trinajstić information content (AvgIpc) is 2.98. The number of nitrogens with one attached hydrogen (secondary N) is 1. The van der Waals surface area contributed by atoms with E-state index in [-0.39, 0.29) is 18.5 Å². The third kappa shape index (κ3) is 3.64. The van der Waals surface area contributed by atoms with Gasteiger partial charge in [0, 0.05) is 23.7 Å². The van der Waals surface area contributed by atoms with Gasteiger partial charge in [-0.25, -0.2) is 4.98 Å². The second kappa shape index (κ2) is 5.97. The van der Waals surface area contributed by atoms with Gasteiger partial charge in [0.1, 0.15) is 6.54 Å². The van der Waals surface area contributed by atoms with Gasteiger partial charge in [0.15, 0.2) is 0 Å². The molecule has 1 amide bonds. The average molecular weight is 278 g/mol. The first-order valence-corrected chi connectivity index (χ1v) is 7.16. The first-order chi connectivity index (χ1) is 9.06. The molecule has 19 heavy (non-hydrogen) atoms. The van der Waals surface area contributed by atoms with Gasteiger partial charge in [-0.1, -0.05) is 13.8 Å². The molecule has 0 aliphatic heterocycles. The van der Waals surface area contributed by atoms with Gasteiger partial charge in [-0.2, -0.15) is 5.10 Å². The minimum atomic E-state index is -0.0770. The second-order valence-corrected chi connectivity index (χ2v) is 5.65. The molecule has 1 N–H and O–H groups in total. The van der Waals surface area contributed by atoms with Gasteiger partial charge < -0.3 is 5.32 Å². The first-order valence-electron chi connectivity index (χ1n) is 6.28. The summed E-state index contributed by atoms with van der Waals surface area (Å²) in [5, 5.41) is 10.0. The number of amides is 1. The van der Waals surface area contributed by atoms with E-state index in [0.29, 0.717) is 5.92 Å². The quantitative estimate of drug-likeness (QED) is 0.913. The van der Waals surface area contributed by atoms with Crippen LogP contribution in [0.25, 0.3) is 0 Å². The van der Waals surface area contributed by atoms with Crippen LogP contribution in [-0.2, 0) is 11.3 Å². The predicted octanol–water partition coefficient (Wildman–Crippen LogP) is 2.34. The summed E-state index contributed by atoms with van der Waals surface area (Å²) in [6.07, 6.45) is 3.43. The van der Waals surface area contributed by atoms with Crippen LogP contribution in [0.5, 0.6) is 0 Å². The highest BCUT2D eigenvalue weighted by molar-refractivity contribution is 7.09.